The van der Waals surface area contributed by atoms with E-state index in [1.165, 1.54) is 6.07 Å². The van der Waals surface area contributed by atoms with Gasteiger partial charge < -0.3 is 4.74 Å². The van der Waals surface area contributed by atoms with Crippen LogP contribution in [0.15, 0.2) is 18.3 Å². The second kappa shape index (κ2) is 2.70. The van der Waals surface area contributed by atoms with E-state index in [0.717, 1.165) is 12.3 Å². The van der Waals surface area contributed by atoms with Gasteiger partial charge >= 0.3 is 6.18 Å². The number of alkyl halides is 3. The third kappa shape index (κ3) is 1.59. The van der Waals surface area contributed by atoms with Gasteiger partial charge in [-0.2, -0.15) is 13.2 Å². The maximum Gasteiger partial charge on any atom is 0.417 e. The summed E-state index contributed by atoms with van der Waals surface area (Å²) in [6.07, 6.45) is -3.49. The van der Waals surface area contributed by atoms with Crippen molar-refractivity contribution in [2.45, 2.75) is 18.7 Å². The quantitative estimate of drug-likeness (QED) is 0.654. The van der Waals surface area contributed by atoms with Gasteiger partial charge in [-0.1, -0.05) is 0 Å². The Bertz CT molecular complexity index is 316. The van der Waals surface area contributed by atoms with Crippen LogP contribution in [0.5, 0.6) is 0 Å². The number of pyridine rings is 1. The first-order valence-corrected chi connectivity index (χ1v) is 4.09. The summed E-state index contributed by atoms with van der Waals surface area (Å²) in [6.45, 7) is 2.31. The molecule has 14 heavy (non-hydrogen) atoms. The van der Waals surface area contributed by atoms with Crippen molar-refractivity contribution in [2.24, 2.45) is 0 Å². The molecule has 0 spiro atoms. The number of nitrogens with zero attached hydrogens (tertiary/aromatic N) is 1. The van der Waals surface area contributed by atoms with Crippen LogP contribution in [-0.2, 0) is 16.5 Å². The predicted molar refractivity (Wildman–Crippen MR) is 42.5 cm³/mol. The van der Waals surface area contributed by atoms with Crippen LogP contribution in [-0.4, -0.2) is 11.6 Å². The summed E-state index contributed by atoms with van der Waals surface area (Å²) in [5.74, 6) is 0. The lowest BCUT2D eigenvalue weighted by molar-refractivity contribution is -0.137. The molecule has 1 aromatic rings. The average Bonchev–Trinajstić information content (AvgIpc) is 2.84. The Morgan fingerprint density at radius 2 is 2.07 bits per heavy atom. The van der Waals surface area contributed by atoms with Gasteiger partial charge in [0.25, 0.3) is 0 Å². The Labute approximate surface area is 78.7 Å². The number of epoxide rings is 1. The second-order valence-electron chi connectivity index (χ2n) is 3.45. The van der Waals surface area contributed by atoms with Gasteiger partial charge in [-0.25, -0.2) is 0 Å². The fourth-order valence-corrected chi connectivity index (χ4v) is 1.13. The van der Waals surface area contributed by atoms with Crippen LogP contribution in [0.2, 0.25) is 0 Å². The summed E-state index contributed by atoms with van der Waals surface area (Å²) in [6, 6.07) is 2.38. The summed E-state index contributed by atoms with van der Waals surface area (Å²) >= 11 is 0. The van der Waals surface area contributed by atoms with Gasteiger partial charge in [-0.3, -0.25) is 4.98 Å². The summed E-state index contributed by atoms with van der Waals surface area (Å²) in [4.78, 5) is 3.73. The van der Waals surface area contributed by atoms with Crippen LogP contribution in [0.4, 0.5) is 13.2 Å². The van der Waals surface area contributed by atoms with Crippen molar-refractivity contribution in [3.63, 3.8) is 0 Å². The summed E-state index contributed by atoms with van der Waals surface area (Å²) in [5.41, 5.74) is -0.652. The topological polar surface area (TPSA) is 25.4 Å². The third-order valence-electron chi connectivity index (χ3n) is 2.21. The molecule has 1 aliphatic rings. The molecule has 0 bridgehead atoms. The van der Waals surface area contributed by atoms with E-state index in [0.29, 0.717) is 12.3 Å². The lowest BCUT2D eigenvalue weighted by Gasteiger charge is -2.08. The van der Waals surface area contributed by atoms with Crippen molar-refractivity contribution in [3.8, 4) is 0 Å². The van der Waals surface area contributed by atoms with E-state index in [1.54, 1.807) is 6.92 Å². The maximum absolute atomic E-state index is 12.2. The molecular formula is C9H8F3NO. The van der Waals surface area contributed by atoms with E-state index in [1.807, 2.05) is 0 Å². The van der Waals surface area contributed by atoms with Gasteiger partial charge in [0.2, 0.25) is 0 Å². The number of hydrogen-bond acceptors (Lipinski definition) is 2. The number of rotatable bonds is 1. The first kappa shape index (κ1) is 9.45. The van der Waals surface area contributed by atoms with Gasteiger partial charge in [0, 0.05) is 6.20 Å². The van der Waals surface area contributed by atoms with Crippen molar-refractivity contribution in [1.82, 2.24) is 4.98 Å². The minimum absolute atomic E-state index is 0.468. The van der Waals surface area contributed by atoms with E-state index in [-0.39, 0.29) is 0 Å². The molecule has 1 atom stereocenters. The Morgan fingerprint density at radius 1 is 1.43 bits per heavy atom. The minimum atomic E-state index is -4.32. The van der Waals surface area contributed by atoms with E-state index >= 15 is 0 Å². The highest BCUT2D eigenvalue weighted by Crippen LogP contribution is 2.37. The van der Waals surface area contributed by atoms with Crippen molar-refractivity contribution in [2.75, 3.05) is 6.61 Å². The monoisotopic (exact) mass is 203 g/mol. The van der Waals surface area contributed by atoms with E-state index in [4.69, 9.17) is 4.74 Å². The minimum Gasteiger partial charge on any atom is -0.363 e. The van der Waals surface area contributed by atoms with Gasteiger partial charge in [0.15, 0.2) is 0 Å². The van der Waals surface area contributed by atoms with E-state index < -0.39 is 17.3 Å². The molecule has 1 aromatic heterocycles. The average molecular weight is 203 g/mol. The van der Waals surface area contributed by atoms with Crippen molar-refractivity contribution < 1.29 is 17.9 Å². The van der Waals surface area contributed by atoms with Crippen LogP contribution in [0, 0.1) is 0 Å². The van der Waals surface area contributed by atoms with Crippen LogP contribution in [0.1, 0.15) is 18.2 Å². The largest absolute Gasteiger partial charge is 0.417 e. The Balaban J connectivity index is 2.27. The van der Waals surface area contributed by atoms with Gasteiger partial charge in [-0.15, -0.1) is 0 Å². The Morgan fingerprint density at radius 3 is 2.43 bits per heavy atom. The number of hydrogen-bond donors (Lipinski definition) is 0. The molecular weight excluding hydrogens is 195 g/mol. The molecule has 1 unspecified atom stereocenters. The van der Waals surface area contributed by atoms with E-state index in [2.05, 4.69) is 4.98 Å². The molecule has 2 heterocycles. The zero-order valence-corrected chi connectivity index (χ0v) is 7.43. The van der Waals surface area contributed by atoms with Crippen molar-refractivity contribution in [1.29, 1.82) is 0 Å². The molecule has 5 heteroatoms. The van der Waals surface area contributed by atoms with Gasteiger partial charge in [0.1, 0.15) is 5.60 Å². The molecule has 0 amide bonds. The first-order valence-electron chi connectivity index (χ1n) is 4.09. The van der Waals surface area contributed by atoms with Crippen LogP contribution >= 0.6 is 0 Å². The number of aromatic nitrogens is 1. The lowest BCUT2D eigenvalue weighted by Crippen LogP contribution is -2.09. The summed E-state index contributed by atoms with van der Waals surface area (Å²) in [5, 5.41) is 0. The summed E-state index contributed by atoms with van der Waals surface area (Å²) in [7, 11) is 0. The van der Waals surface area contributed by atoms with Gasteiger partial charge in [-0.05, 0) is 19.1 Å². The molecule has 76 valence electrons. The van der Waals surface area contributed by atoms with Gasteiger partial charge in [0.05, 0.1) is 17.9 Å². The van der Waals surface area contributed by atoms with Crippen molar-refractivity contribution >= 4 is 0 Å². The molecule has 0 N–H and O–H groups in total. The highest BCUT2D eigenvalue weighted by Gasteiger charge is 2.43. The second-order valence-corrected chi connectivity index (χ2v) is 3.45. The molecule has 0 aliphatic carbocycles. The third-order valence-corrected chi connectivity index (χ3v) is 2.21. The Hall–Kier alpha value is -1.10. The predicted octanol–water partition coefficient (Wildman–Crippen LogP) is 2.35. The fourth-order valence-electron chi connectivity index (χ4n) is 1.13. The smallest absolute Gasteiger partial charge is 0.363 e. The molecule has 1 fully saturated rings. The molecule has 0 saturated carbocycles. The maximum atomic E-state index is 12.2. The van der Waals surface area contributed by atoms with Crippen LogP contribution < -0.4 is 0 Å². The number of ether oxygens (including phenoxy) is 1. The first-order chi connectivity index (χ1) is 6.42. The van der Waals surface area contributed by atoms with Crippen LogP contribution in [0.3, 0.4) is 0 Å². The highest BCUT2D eigenvalue weighted by atomic mass is 19.4. The molecule has 0 radical (unpaired) electrons. The SMILES string of the molecule is CC1(c2ccc(C(F)(F)F)cn2)CO1. The van der Waals surface area contributed by atoms with Crippen molar-refractivity contribution in [3.05, 3.63) is 29.6 Å². The zero-order valence-electron chi connectivity index (χ0n) is 7.43. The normalized spacial score (nSPS) is 26.3. The molecule has 2 rings (SSSR count). The molecule has 0 aromatic carbocycles. The fraction of sp³-hybridized carbons (Fsp3) is 0.444. The van der Waals surface area contributed by atoms with Crippen LogP contribution in [0.25, 0.3) is 0 Å². The highest BCUT2D eigenvalue weighted by molar-refractivity contribution is 5.23. The van der Waals surface area contributed by atoms with E-state index in [9.17, 15) is 13.2 Å². The number of halogens is 3. The summed E-state index contributed by atoms with van der Waals surface area (Å²) < 4.78 is 41.5. The zero-order chi connectivity index (χ0) is 10.4. The molecule has 1 aliphatic heterocycles. The molecule has 1 saturated heterocycles. The Kier molecular flexibility index (Phi) is 1.82. The molecule has 2 nitrogen and oxygen atoms in total. The standard InChI is InChI=1S/C9H8F3NO/c1-8(5-14-8)7-3-2-6(4-13-7)9(10,11)12/h2-4H,5H2,1H3. The lowest BCUT2D eigenvalue weighted by atomic mass is 10.1.